The Morgan fingerprint density at radius 2 is 1.89 bits per heavy atom. The number of anilines is 1. The van der Waals surface area contributed by atoms with Crippen molar-refractivity contribution in [3.05, 3.63) is 75.8 Å². The SMILES string of the molecule is Cn1c(N2CCN[C@@H](c3ccc(Cl)cc3)C2)nc(-c2ccncc2)cc1=O. The van der Waals surface area contributed by atoms with E-state index in [9.17, 15) is 4.79 Å². The number of hydrogen-bond donors (Lipinski definition) is 1. The molecule has 3 aromatic rings. The quantitative estimate of drug-likeness (QED) is 0.755. The third-order valence-electron chi connectivity index (χ3n) is 4.82. The molecule has 1 fully saturated rings. The number of nitrogens with zero attached hydrogens (tertiary/aromatic N) is 4. The molecular formula is C20H20ClN5O. The molecule has 6 nitrogen and oxygen atoms in total. The summed E-state index contributed by atoms with van der Waals surface area (Å²) in [6.07, 6.45) is 3.41. The number of piperazine rings is 1. The molecule has 138 valence electrons. The molecule has 1 saturated heterocycles. The van der Waals surface area contributed by atoms with Gasteiger partial charge in [-0.3, -0.25) is 14.3 Å². The minimum atomic E-state index is -0.0756. The van der Waals surface area contributed by atoms with Crippen molar-refractivity contribution in [3.63, 3.8) is 0 Å². The van der Waals surface area contributed by atoms with Crippen LogP contribution in [0.2, 0.25) is 5.02 Å². The minimum absolute atomic E-state index is 0.0756. The lowest BCUT2D eigenvalue weighted by atomic mass is 10.0. The van der Waals surface area contributed by atoms with Crippen LogP contribution in [-0.4, -0.2) is 34.2 Å². The maximum absolute atomic E-state index is 12.5. The Kier molecular flexibility index (Phi) is 4.92. The molecular weight excluding hydrogens is 362 g/mol. The van der Waals surface area contributed by atoms with Gasteiger partial charge in [0, 0.05) is 61.8 Å². The van der Waals surface area contributed by atoms with Gasteiger partial charge in [-0.05, 0) is 29.8 Å². The van der Waals surface area contributed by atoms with Crippen LogP contribution in [0.3, 0.4) is 0 Å². The van der Waals surface area contributed by atoms with Crippen LogP contribution in [0.5, 0.6) is 0 Å². The van der Waals surface area contributed by atoms with Gasteiger partial charge in [0.25, 0.3) is 5.56 Å². The van der Waals surface area contributed by atoms with Crippen LogP contribution in [0.1, 0.15) is 11.6 Å². The summed E-state index contributed by atoms with van der Waals surface area (Å²) in [7, 11) is 1.76. The average Bonchev–Trinajstić information content (AvgIpc) is 2.71. The third kappa shape index (κ3) is 3.72. The Balaban J connectivity index is 1.67. The summed E-state index contributed by atoms with van der Waals surface area (Å²) in [5.74, 6) is 0.676. The summed E-state index contributed by atoms with van der Waals surface area (Å²) in [6, 6.07) is 13.3. The van der Waals surface area contributed by atoms with Crippen molar-refractivity contribution >= 4 is 17.5 Å². The summed E-state index contributed by atoms with van der Waals surface area (Å²) in [4.78, 5) is 23.5. The highest BCUT2D eigenvalue weighted by molar-refractivity contribution is 6.30. The van der Waals surface area contributed by atoms with E-state index < -0.39 is 0 Å². The van der Waals surface area contributed by atoms with Gasteiger partial charge in [-0.1, -0.05) is 23.7 Å². The molecule has 0 bridgehead atoms. The Labute approximate surface area is 162 Å². The second kappa shape index (κ2) is 7.50. The molecule has 0 saturated carbocycles. The first-order valence-electron chi connectivity index (χ1n) is 8.84. The number of rotatable bonds is 3. The molecule has 1 N–H and O–H groups in total. The molecule has 1 aliphatic rings. The van der Waals surface area contributed by atoms with Crippen molar-refractivity contribution in [1.82, 2.24) is 19.9 Å². The largest absolute Gasteiger partial charge is 0.339 e. The van der Waals surface area contributed by atoms with Gasteiger partial charge in [-0.2, -0.15) is 0 Å². The van der Waals surface area contributed by atoms with Gasteiger partial charge in [-0.15, -0.1) is 0 Å². The second-order valence-corrected chi connectivity index (χ2v) is 7.02. The second-order valence-electron chi connectivity index (χ2n) is 6.58. The molecule has 0 spiro atoms. The summed E-state index contributed by atoms with van der Waals surface area (Å²) in [5.41, 5.74) is 2.64. The molecule has 1 aromatic carbocycles. The standard InChI is InChI=1S/C20H20ClN5O/c1-25-19(27)12-17(15-6-8-22-9-7-15)24-20(25)26-11-10-23-18(13-26)14-2-4-16(21)5-3-14/h2-9,12,18,23H,10-11,13H2,1H3/t18-/m1/s1. The van der Waals surface area contributed by atoms with Gasteiger partial charge in [0.2, 0.25) is 5.95 Å². The lowest BCUT2D eigenvalue weighted by Crippen LogP contribution is -2.47. The fourth-order valence-corrected chi connectivity index (χ4v) is 3.46. The van der Waals surface area contributed by atoms with Gasteiger partial charge in [0.05, 0.1) is 5.69 Å². The fourth-order valence-electron chi connectivity index (χ4n) is 3.33. The maximum Gasteiger partial charge on any atom is 0.255 e. The van der Waals surface area contributed by atoms with Gasteiger partial charge in [0.1, 0.15) is 0 Å². The predicted octanol–water partition coefficient (Wildman–Crippen LogP) is 2.65. The van der Waals surface area contributed by atoms with E-state index in [1.165, 1.54) is 5.56 Å². The van der Waals surface area contributed by atoms with E-state index in [1.807, 2.05) is 36.4 Å². The fraction of sp³-hybridized carbons (Fsp3) is 0.250. The molecule has 1 aliphatic heterocycles. The molecule has 2 aromatic heterocycles. The van der Waals surface area contributed by atoms with E-state index >= 15 is 0 Å². The molecule has 0 radical (unpaired) electrons. The monoisotopic (exact) mass is 381 g/mol. The molecule has 4 rings (SSSR count). The molecule has 0 amide bonds. The van der Waals surface area contributed by atoms with Crippen LogP contribution < -0.4 is 15.8 Å². The number of halogens is 1. The zero-order valence-electron chi connectivity index (χ0n) is 15.0. The topological polar surface area (TPSA) is 63.1 Å². The third-order valence-corrected chi connectivity index (χ3v) is 5.07. The Bertz CT molecular complexity index is 988. The van der Waals surface area contributed by atoms with Gasteiger partial charge in [0.15, 0.2) is 0 Å². The number of hydrogen-bond acceptors (Lipinski definition) is 5. The van der Waals surface area contributed by atoms with E-state index in [1.54, 1.807) is 30.1 Å². The van der Waals surface area contributed by atoms with Crippen molar-refractivity contribution in [2.45, 2.75) is 6.04 Å². The van der Waals surface area contributed by atoms with Gasteiger partial charge >= 0.3 is 0 Å². The van der Waals surface area contributed by atoms with Crippen molar-refractivity contribution < 1.29 is 0 Å². The number of nitrogens with one attached hydrogen (secondary N) is 1. The highest BCUT2D eigenvalue weighted by Crippen LogP contribution is 2.23. The van der Waals surface area contributed by atoms with Crippen LogP contribution >= 0.6 is 11.6 Å². The lowest BCUT2D eigenvalue weighted by molar-refractivity contribution is 0.462. The molecule has 7 heteroatoms. The van der Waals surface area contributed by atoms with Crippen molar-refractivity contribution in [2.24, 2.45) is 7.05 Å². The number of pyridine rings is 1. The van der Waals surface area contributed by atoms with Crippen molar-refractivity contribution in [3.8, 4) is 11.3 Å². The summed E-state index contributed by atoms with van der Waals surface area (Å²) < 4.78 is 1.61. The van der Waals surface area contributed by atoms with E-state index in [2.05, 4.69) is 15.2 Å². The summed E-state index contributed by atoms with van der Waals surface area (Å²) in [5, 5.41) is 4.25. The number of aromatic nitrogens is 3. The van der Waals surface area contributed by atoms with E-state index in [-0.39, 0.29) is 11.6 Å². The Morgan fingerprint density at radius 1 is 1.15 bits per heavy atom. The smallest absolute Gasteiger partial charge is 0.255 e. The first-order valence-corrected chi connectivity index (χ1v) is 9.22. The normalized spacial score (nSPS) is 17.1. The summed E-state index contributed by atoms with van der Waals surface area (Å²) >= 11 is 6.01. The van der Waals surface area contributed by atoms with E-state index in [0.29, 0.717) is 11.6 Å². The first kappa shape index (κ1) is 17.7. The molecule has 3 heterocycles. The van der Waals surface area contributed by atoms with Crippen LogP contribution in [0.25, 0.3) is 11.3 Å². The number of benzene rings is 1. The van der Waals surface area contributed by atoms with Crippen LogP contribution in [0, 0.1) is 0 Å². The Morgan fingerprint density at radius 3 is 2.63 bits per heavy atom. The molecule has 27 heavy (non-hydrogen) atoms. The van der Waals surface area contributed by atoms with Crippen LogP contribution in [0.4, 0.5) is 5.95 Å². The first-order chi connectivity index (χ1) is 13.1. The Hall–Kier alpha value is -2.70. The van der Waals surface area contributed by atoms with E-state index in [4.69, 9.17) is 16.6 Å². The van der Waals surface area contributed by atoms with Crippen LogP contribution in [0.15, 0.2) is 59.7 Å². The van der Waals surface area contributed by atoms with Crippen molar-refractivity contribution in [2.75, 3.05) is 24.5 Å². The molecule has 1 atom stereocenters. The molecule has 0 aliphatic carbocycles. The predicted molar refractivity (Wildman–Crippen MR) is 107 cm³/mol. The highest BCUT2D eigenvalue weighted by atomic mass is 35.5. The van der Waals surface area contributed by atoms with Crippen LogP contribution in [-0.2, 0) is 7.05 Å². The average molecular weight is 382 g/mol. The van der Waals surface area contributed by atoms with E-state index in [0.717, 1.165) is 30.2 Å². The minimum Gasteiger partial charge on any atom is -0.339 e. The zero-order chi connectivity index (χ0) is 18.8. The summed E-state index contributed by atoms with van der Waals surface area (Å²) in [6.45, 7) is 2.31. The van der Waals surface area contributed by atoms with Crippen molar-refractivity contribution in [1.29, 1.82) is 0 Å². The lowest BCUT2D eigenvalue weighted by Gasteiger charge is -2.35. The van der Waals surface area contributed by atoms with Gasteiger partial charge in [-0.25, -0.2) is 4.98 Å². The maximum atomic E-state index is 12.5. The van der Waals surface area contributed by atoms with Gasteiger partial charge < -0.3 is 10.2 Å². The molecule has 0 unspecified atom stereocenters. The zero-order valence-corrected chi connectivity index (χ0v) is 15.7. The highest BCUT2D eigenvalue weighted by Gasteiger charge is 2.24.